The molecule has 0 spiro atoms. The number of nitrogens with one attached hydrogen (secondary N) is 1. The molecule has 1 atom stereocenters. The normalized spacial score (nSPS) is 17.6. The first-order chi connectivity index (χ1) is 8.66. The summed E-state index contributed by atoms with van der Waals surface area (Å²) < 4.78 is 0. The maximum absolute atomic E-state index is 5.71. The Morgan fingerprint density at radius 2 is 2.28 bits per heavy atom. The van der Waals surface area contributed by atoms with Crippen molar-refractivity contribution >= 4 is 22.9 Å². The maximum atomic E-state index is 5.71. The Morgan fingerprint density at radius 3 is 2.94 bits per heavy atom. The summed E-state index contributed by atoms with van der Waals surface area (Å²) >= 11 is 5.05. The fourth-order valence-electron chi connectivity index (χ4n) is 2.39. The highest BCUT2D eigenvalue weighted by molar-refractivity contribution is 7.80. The van der Waals surface area contributed by atoms with Gasteiger partial charge in [0, 0.05) is 24.3 Å². The van der Waals surface area contributed by atoms with Gasteiger partial charge in [-0.05, 0) is 38.9 Å². The zero-order valence-corrected chi connectivity index (χ0v) is 11.5. The van der Waals surface area contributed by atoms with Crippen LogP contribution in [0.4, 0.5) is 5.69 Å². The second kappa shape index (κ2) is 6.11. The number of aromatic nitrogens is 1. The largest absolute Gasteiger partial charge is 0.389 e. The van der Waals surface area contributed by atoms with Crippen LogP contribution in [0.2, 0.25) is 0 Å². The molecule has 18 heavy (non-hydrogen) atoms. The van der Waals surface area contributed by atoms with E-state index in [2.05, 4.69) is 22.1 Å². The summed E-state index contributed by atoms with van der Waals surface area (Å²) in [5.74, 6) is 0. The number of anilines is 1. The Hall–Kier alpha value is -1.20. The van der Waals surface area contributed by atoms with Crippen molar-refractivity contribution in [3.05, 3.63) is 24.0 Å². The van der Waals surface area contributed by atoms with Crippen molar-refractivity contribution < 1.29 is 0 Å². The van der Waals surface area contributed by atoms with Crippen molar-refractivity contribution in [2.75, 3.05) is 25.0 Å². The van der Waals surface area contributed by atoms with E-state index < -0.39 is 0 Å². The zero-order valence-electron chi connectivity index (χ0n) is 10.7. The van der Waals surface area contributed by atoms with Gasteiger partial charge >= 0.3 is 0 Å². The fraction of sp³-hybridized carbons (Fsp3) is 0.538. The first-order valence-electron chi connectivity index (χ1n) is 6.39. The highest BCUT2D eigenvalue weighted by Gasteiger charge is 2.15. The Balaban J connectivity index is 1.97. The van der Waals surface area contributed by atoms with Gasteiger partial charge in [0.1, 0.15) is 4.99 Å². The Kier molecular flexibility index (Phi) is 4.49. The highest BCUT2D eigenvalue weighted by atomic mass is 32.1. The van der Waals surface area contributed by atoms with Crippen LogP contribution in [-0.2, 0) is 0 Å². The Bertz CT molecular complexity index is 415. The number of nitrogens with zero attached hydrogens (tertiary/aromatic N) is 2. The summed E-state index contributed by atoms with van der Waals surface area (Å²) in [6.07, 6.45) is 6.13. The molecule has 1 aliphatic rings. The van der Waals surface area contributed by atoms with Crippen LogP contribution in [0.3, 0.4) is 0 Å². The smallest absolute Gasteiger partial charge is 0.106 e. The zero-order chi connectivity index (χ0) is 13.0. The molecule has 1 aromatic heterocycles. The third kappa shape index (κ3) is 3.40. The molecule has 1 aliphatic heterocycles. The molecule has 1 fully saturated rings. The maximum Gasteiger partial charge on any atom is 0.106 e. The first kappa shape index (κ1) is 13.2. The van der Waals surface area contributed by atoms with E-state index in [-0.39, 0.29) is 0 Å². The lowest BCUT2D eigenvalue weighted by Crippen LogP contribution is -2.33. The lowest BCUT2D eigenvalue weighted by molar-refractivity contribution is 0.328. The Labute approximate surface area is 114 Å². The van der Waals surface area contributed by atoms with Crippen LogP contribution in [0.15, 0.2) is 18.5 Å². The molecule has 1 unspecified atom stereocenters. The van der Waals surface area contributed by atoms with E-state index in [1.807, 2.05) is 6.07 Å². The standard InChI is InChI=1S/C13H20N4S/c1-10(9-17-6-2-3-7-17)16-12-8-15-5-4-11(12)13(14)18/h4-5,8,10,16H,2-3,6-7,9H2,1H3,(H2,14,18). The SMILES string of the molecule is CC(CN1CCCC1)Nc1cnccc1C(N)=S. The van der Waals surface area contributed by atoms with Crippen molar-refractivity contribution in [1.29, 1.82) is 0 Å². The van der Waals surface area contributed by atoms with E-state index in [4.69, 9.17) is 18.0 Å². The molecule has 0 aliphatic carbocycles. The van der Waals surface area contributed by atoms with Crippen LogP contribution in [0.5, 0.6) is 0 Å². The summed E-state index contributed by atoms with van der Waals surface area (Å²) in [6, 6.07) is 2.22. The number of hydrogen-bond acceptors (Lipinski definition) is 4. The van der Waals surface area contributed by atoms with Gasteiger partial charge in [0.05, 0.1) is 11.9 Å². The number of rotatable bonds is 5. The second-order valence-corrected chi connectivity index (χ2v) is 5.28. The van der Waals surface area contributed by atoms with Crippen LogP contribution < -0.4 is 11.1 Å². The molecule has 0 bridgehead atoms. The number of pyridine rings is 1. The number of thiocarbonyl (C=S) groups is 1. The minimum atomic E-state index is 0.361. The van der Waals surface area contributed by atoms with E-state index in [1.165, 1.54) is 25.9 Å². The van der Waals surface area contributed by atoms with Crippen LogP contribution in [0.25, 0.3) is 0 Å². The van der Waals surface area contributed by atoms with Gasteiger partial charge in [-0.3, -0.25) is 4.98 Å². The molecule has 0 amide bonds. The lowest BCUT2D eigenvalue weighted by atomic mass is 10.2. The topological polar surface area (TPSA) is 54.2 Å². The van der Waals surface area contributed by atoms with Crippen molar-refractivity contribution in [2.45, 2.75) is 25.8 Å². The molecule has 2 heterocycles. The summed E-state index contributed by atoms with van der Waals surface area (Å²) in [4.78, 5) is 7.01. The molecule has 1 aromatic rings. The quantitative estimate of drug-likeness (QED) is 0.791. The molecule has 4 nitrogen and oxygen atoms in total. The minimum absolute atomic E-state index is 0.361. The molecule has 3 N–H and O–H groups in total. The number of likely N-dealkylation sites (tertiary alicyclic amines) is 1. The van der Waals surface area contributed by atoms with E-state index in [9.17, 15) is 0 Å². The molecule has 98 valence electrons. The fourth-order valence-corrected chi connectivity index (χ4v) is 2.57. The lowest BCUT2D eigenvalue weighted by Gasteiger charge is -2.22. The third-order valence-electron chi connectivity index (χ3n) is 3.22. The van der Waals surface area contributed by atoms with Gasteiger partial charge in [-0.1, -0.05) is 12.2 Å². The molecule has 0 aromatic carbocycles. The van der Waals surface area contributed by atoms with E-state index in [1.54, 1.807) is 12.4 Å². The molecule has 0 saturated carbocycles. The second-order valence-electron chi connectivity index (χ2n) is 4.84. The number of hydrogen-bond donors (Lipinski definition) is 2. The van der Waals surface area contributed by atoms with Crippen molar-refractivity contribution in [2.24, 2.45) is 5.73 Å². The van der Waals surface area contributed by atoms with Crippen molar-refractivity contribution in [3.8, 4) is 0 Å². The van der Waals surface area contributed by atoms with Crippen molar-refractivity contribution in [3.63, 3.8) is 0 Å². The highest BCUT2D eigenvalue weighted by Crippen LogP contribution is 2.15. The van der Waals surface area contributed by atoms with Gasteiger partial charge in [0.2, 0.25) is 0 Å². The first-order valence-corrected chi connectivity index (χ1v) is 6.80. The average molecular weight is 264 g/mol. The predicted octanol–water partition coefficient (Wildman–Crippen LogP) is 1.61. The third-order valence-corrected chi connectivity index (χ3v) is 3.44. The van der Waals surface area contributed by atoms with Crippen LogP contribution in [0, 0.1) is 0 Å². The molecule has 5 heteroatoms. The van der Waals surface area contributed by atoms with Crippen LogP contribution in [0.1, 0.15) is 25.3 Å². The van der Waals surface area contributed by atoms with E-state index in [0.717, 1.165) is 17.8 Å². The predicted molar refractivity (Wildman–Crippen MR) is 78.9 cm³/mol. The van der Waals surface area contributed by atoms with E-state index in [0.29, 0.717) is 11.0 Å². The number of nitrogens with two attached hydrogens (primary N) is 1. The van der Waals surface area contributed by atoms with Gasteiger partial charge < -0.3 is 16.0 Å². The monoisotopic (exact) mass is 264 g/mol. The molecular formula is C13H20N4S. The van der Waals surface area contributed by atoms with Gasteiger partial charge in [0.15, 0.2) is 0 Å². The minimum Gasteiger partial charge on any atom is -0.389 e. The van der Waals surface area contributed by atoms with Gasteiger partial charge in [0.25, 0.3) is 0 Å². The van der Waals surface area contributed by atoms with Gasteiger partial charge in [-0.15, -0.1) is 0 Å². The summed E-state index contributed by atoms with van der Waals surface area (Å²) in [6.45, 7) is 5.64. The molecule has 1 saturated heterocycles. The van der Waals surface area contributed by atoms with Crippen molar-refractivity contribution in [1.82, 2.24) is 9.88 Å². The molecular weight excluding hydrogens is 244 g/mol. The average Bonchev–Trinajstić information content (AvgIpc) is 2.82. The summed E-state index contributed by atoms with van der Waals surface area (Å²) in [7, 11) is 0. The van der Waals surface area contributed by atoms with E-state index >= 15 is 0 Å². The summed E-state index contributed by atoms with van der Waals surface area (Å²) in [5, 5.41) is 3.45. The Morgan fingerprint density at radius 1 is 1.56 bits per heavy atom. The molecule has 0 radical (unpaired) electrons. The van der Waals surface area contributed by atoms with Crippen LogP contribution >= 0.6 is 12.2 Å². The molecule has 2 rings (SSSR count). The van der Waals surface area contributed by atoms with Crippen LogP contribution in [-0.4, -0.2) is 40.5 Å². The summed E-state index contributed by atoms with van der Waals surface area (Å²) in [5.41, 5.74) is 7.50. The van der Waals surface area contributed by atoms with Gasteiger partial charge in [-0.25, -0.2) is 0 Å². The van der Waals surface area contributed by atoms with Gasteiger partial charge in [-0.2, -0.15) is 0 Å².